The first-order valence-electron chi connectivity index (χ1n) is 15.3. The molecule has 4 atom stereocenters. The number of methoxy groups -OCH3 is 2. The molecule has 12 heteroatoms. The zero-order valence-corrected chi connectivity index (χ0v) is 30.6. The van der Waals surface area contributed by atoms with Crippen LogP contribution in [-0.2, 0) is 18.8 Å². The third kappa shape index (κ3) is 7.33. The van der Waals surface area contributed by atoms with Crippen molar-refractivity contribution in [3.05, 3.63) is 50.6 Å². The van der Waals surface area contributed by atoms with E-state index in [0.29, 0.717) is 26.6 Å². The van der Waals surface area contributed by atoms with Crippen LogP contribution in [-0.4, -0.2) is 56.2 Å². The molecular weight excluding hydrogens is 712 g/mol. The summed E-state index contributed by atoms with van der Waals surface area (Å²) in [6.07, 6.45) is 1.99. The van der Waals surface area contributed by atoms with Gasteiger partial charge in [0.25, 0.3) is 0 Å². The second-order valence-electron chi connectivity index (χ2n) is 14.8. The summed E-state index contributed by atoms with van der Waals surface area (Å²) in [7, 11) is 2.10. The number of benzene rings is 2. The average molecular weight is 756 g/mol. The van der Waals surface area contributed by atoms with Crippen molar-refractivity contribution in [3.8, 4) is 11.5 Å². The second kappa shape index (κ2) is 12.9. The lowest BCUT2D eigenvalue weighted by atomic mass is 9.43. The molecule has 0 N–H and O–H groups in total. The highest BCUT2D eigenvalue weighted by Crippen LogP contribution is 2.65. The molecule has 252 valence electrons. The molecule has 0 radical (unpaired) electrons. The predicted octanol–water partition coefficient (Wildman–Crippen LogP) is 7.12. The number of carbonyl (C=O) groups is 2. The van der Waals surface area contributed by atoms with Gasteiger partial charge >= 0.3 is 19.1 Å². The third-order valence-electron chi connectivity index (χ3n) is 8.94. The minimum absolute atomic E-state index is 0.0364. The number of carbonyl (C=O) groups excluding carboxylic acids is 2. The SMILES string of the molecule is COc1c(B2OC3CC4CC(C4(C)C)[C@]3(C)O2)cc(F)cc1C(=O)OC(C)(C)C.COc1c(I)cc(F)cc1C(=O)OC(C)(C)C. The van der Waals surface area contributed by atoms with Crippen LogP contribution in [0.1, 0.15) is 95.9 Å². The van der Waals surface area contributed by atoms with Crippen molar-refractivity contribution in [1.82, 2.24) is 0 Å². The van der Waals surface area contributed by atoms with Gasteiger partial charge in [0.15, 0.2) is 0 Å². The van der Waals surface area contributed by atoms with Crippen molar-refractivity contribution >= 4 is 47.1 Å². The van der Waals surface area contributed by atoms with Gasteiger partial charge in [-0.1, -0.05) is 13.8 Å². The number of rotatable bonds is 5. The molecule has 3 unspecified atom stereocenters. The lowest BCUT2D eigenvalue weighted by Gasteiger charge is -2.64. The maximum Gasteiger partial charge on any atom is 0.498 e. The van der Waals surface area contributed by atoms with Crippen molar-refractivity contribution in [2.45, 2.75) is 98.1 Å². The first-order chi connectivity index (χ1) is 21.1. The standard InChI is InChI=1S/C22H30BFO5.C12H14FIO3/c1-20(2,3)27-19(25)14-10-13(24)11-15(18(14)26-7)23-28-17-9-12-8-16(21(12,4)5)22(17,6)29-23;1-12(2,3)17-11(15)8-5-7(13)6-9(14)10(8)16-4/h10-12,16-17H,8-9H2,1-7H3;5-6H,1-4H3/t12?,16?,17?,22-;/m0./s1. The quantitative estimate of drug-likeness (QED) is 0.181. The summed E-state index contributed by atoms with van der Waals surface area (Å²) >= 11 is 1.91. The highest BCUT2D eigenvalue weighted by atomic mass is 127. The highest BCUT2D eigenvalue weighted by molar-refractivity contribution is 14.1. The molecule has 0 amide bonds. The summed E-state index contributed by atoms with van der Waals surface area (Å²) in [6.45, 7) is 17.2. The average Bonchev–Trinajstić information content (AvgIpc) is 3.27. The van der Waals surface area contributed by atoms with Crippen molar-refractivity contribution in [2.75, 3.05) is 14.2 Å². The van der Waals surface area contributed by atoms with Gasteiger partial charge in [0, 0.05) is 5.46 Å². The molecular formula is C34H44BF2IO8. The molecule has 4 fully saturated rings. The normalized spacial score (nSPS) is 24.6. The van der Waals surface area contributed by atoms with E-state index in [0.717, 1.165) is 25.0 Å². The smallest absolute Gasteiger partial charge is 0.496 e. The van der Waals surface area contributed by atoms with Crippen molar-refractivity contribution in [3.63, 3.8) is 0 Å². The van der Waals surface area contributed by atoms with Crippen LogP contribution in [0.2, 0.25) is 0 Å². The Hall–Kier alpha value is -2.45. The lowest BCUT2D eigenvalue weighted by molar-refractivity contribution is -0.199. The molecule has 0 spiro atoms. The second-order valence-corrected chi connectivity index (χ2v) is 16.0. The fourth-order valence-electron chi connectivity index (χ4n) is 6.75. The maximum atomic E-state index is 14.5. The van der Waals surface area contributed by atoms with E-state index in [1.54, 1.807) is 41.5 Å². The fraction of sp³-hybridized carbons (Fsp3) is 0.588. The topological polar surface area (TPSA) is 89.5 Å². The van der Waals surface area contributed by atoms with E-state index in [1.165, 1.54) is 26.4 Å². The summed E-state index contributed by atoms with van der Waals surface area (Å²) in [5, 5.41) is 0. The van der Waals surface area contributed by atoms with Crippen LogP contribution in [0.15, 0.2) is 24.3 Å². The van der Waals surface area contributed by atoms with E-state index in [2.05, 4.69) is 20.8 Å². The molecule has 1 saturated heterocycles. The van der Waals surface area contributed by atoms with E-state index in [1.807, 2.05) is 22.6 Å². The number of halogens is 3. The van der Waals surface area contributed by atoms with Crippen LogP contribution >= 0.6 is 22.6 Å². The highest BCUT2D eigenvalue weighted by Gasteiger charge is 2.68. The van der Waals surface area contributed by atoms with Crippen LogP contribution in [0.25, 0.3) is 0 Å². The Morgan fingerprint density at radius 3 is 1.83 bits per heavy atom. The van der Waals surface area contributed by atoms with Crippen LogP contribution < -0.4 is 14.9 Å². The van der Waals surface area contributed by atoms with Crippen molar-refractivity contribution in [2.24, 2.45) is 17.3 Å². The van der Waals surface area contributed by atoms with Crippen molar-refractivity contribution < 1.29 is 46.6 Å². The van der Waals surface area contributed by atoms with Crippen LogP contribution in [0.4, 0.5) is 8.78 Å². The molecule has 1 heterocycles. The van der Waals surface area contributed by atoms with E-state index >= 15 is 0 Å². The van der Waals surface area contributed by atoms with Crippen LogP contribution in [0, 0.1) is 32.5 Å². The first kappa shape index (κ1) is 36.4. The summed E-state index contributed by atoms with van der Waals surface area (Å²) in [5.74, 6) is -0.713. The van der Waals surface area contributed by atoms with Gasteiger partial charge in [-0.15, -0.1) is 0 Å². The van der Waals surface area contributed by atoms with Gasteiger partial charge < -0.3 is 28.3 Å². The predicted molar refractivity (Wildman–Crippen MR) is 179 cm³/mol. The molecule has 0 aromatic heterocycles. The van der Waals surface area contributed by atoms with Crippen LogP contribution in [0.3, 0.4) is 0 Å². The van der Waals surface area contributed by atoms with E-state index < -0.39 is 47.5 Å². The van der Waals surface area contributed by atoms with Gasteiger partial charge in [-0.25, -0.2) is 18.4 Å². The monoisotopic (exact) mass is 756 g/mol. The van der Waals surface area contributed by atoms with Gasteiger partial charge in [0.1, 0.15) is 45.5 Å². The molecule has 2 aromatic rings. The third-order valence-corrected chi connectivity index (χ3v) is 9.74. The van der Waals surface area contributed by atoms with E-state index in [9.17, 15) is 18.4 Å². The summed E-state index contributed by atoms with van der Waals surface area (Å²) in [6, 6.07) is 4.88. The molecule has 2 aromatic carbocycles. The Kier molecular flexibility index (Phi) is 10.2. The summed E-state index contributed by atoms with van der Waals surface area (Å²) in [5.41, 5.74) is -1.03. The number of esters is 2. The Balaban J connectivity index is 0.000000242. The Morgan fingerprint density at radius 1 is 0.848 bits per heavy atom. The number of hydrogen-bond donors (Lipinski definition) is 0. The summed E-state index contributed by atoms with van der Waals surface area (Å²) in [4.78, 5) is 24.5. The largest absolute Gasteiger partial charge is 0.498 e. The molecule has 8 nitrogen and oxygen atoms in total. The van der Waals surface area contributed by atoms with E-state index in [4.69, 9.17) is 28.3 Å². The van der Waals surface area contributed by atoms with Gasteiger partial charge in [0.05, 0.1) is 29.5 Å². The fourth-order valence-corrected chi connectivity index (χ4v) is 7.56. The Labute approximate surface area is 284 Å². The summed E-state index contributed by atoms with van der Waals surface area (Å²) < 4.78 is 62.2. The molecule has 2 bridgehead atoms. The zero-order chi connectivity index (χ0) is 34.6. The molecule has 1 aliphatic heterocycles. The Bertz CT molecular complexity index is 1500. The molecule has 6 rings (SSSR count). The van der Waals surface area contributed by atoms with Gasteiger partial charge in [-0.2, -0.15) is 0 Å². The molecule has 46 heavy (non-hydrogen) atoms. The first-order valence-corrected chi connectivity index (χ1v) is 16.4. The molecule has 3 saturated carbocycles. The minimum Gasteiger partial charge on any atom is -0.496 e. The van der Waals surface area contributed by atoms with Gasteiger partial charge in [-0.3, -0.25) is 0 Å². The minimum atomic E-state index is -0.785. The van der Waals surface area contributed by atoms with Crippen LogP contribution in [0.5, 0.6) is 11.5 Å². The molecule has 4 aliphatic rings. The van der Waals surface area contributed by atoms with E-state index in [-0.39, 0.29) is 28.4 Å². The maximum absolute atomic E-state index is 14.5. The Morgan fingerprint density at radius 2 is 1.35 bits per heavy atom. The van der Waals surface area contributed by atoms with Gasteiger partial charge in [0.2, 0.25) is 0 Å². The number of hydrogen-bond acceptors (Lipinski definition) is 8. The zero-order valence-electron chi connectivity index (χ0n) is 28.4. The van der Waals surface area contributed by atoms with Crippen molar-refractivity contribution in [1.29, 1.82) is 0 Å². The molecule has 3 aliphatic carbocycles. The van der Waals surface area contributed by atoms with Gasteiger partial charge in [-0.05, 0) is 125 Å². The number of ether oxygens (including phenoxy) is 4. The lowest BCUT2D eigenvalue weighted by Crippen LogP contribution is -2.65.